The second-order valence-electron chi connectivity index (χ2n) is 7.73. The maximum absolute atomic E-state index is 13.2. The lowest BCUT2D eigenvalue weighted by Gasteiger charge is -2.31. The molecule has 0 radical (unpaired) electrons. The van der Waals surface area contributed by atoms with Crippen molar-refractivity contribution in [3.63, 3.8) is 0 Å². The number of anilines is 1. The summed E-state index contributed by atoms with van der Waals surface area (Å²) in [4.78, 5) is 12.8. The van der Waals surface area contributed by atoms with Crippen molar-refractivity contribution in [3.05, 3.63) is 84.7 Å². The van der Waals surface area contributed by atoms with Crippen molar-refractivity contribution in [1.82, 2.24) is 4.31 Å². The van der Waals surface area contributed by atoms with E-state index in [1.807, 2.05) is 30.3 Å². The van der Waals surface area contributed by atoms with Gasteiger partial charge in [0.15, 0.2) is 0 Å². The molecule has 170 valence electrons. The number of amides is 1. The number of hydrogen-bond acceptors (Lipinski definition) is 5. The molecule has 1 saturated heterocycles. The van der Waals surface area contributed by atoms with Crippen LogP contribution in [0.15, 0.2) is 94.0 Å². The monoisotopic (exact) mass is 466 g/mol. The number of sulfonamides is 1. The van der Waals surface area contributed by atoms with Crippen LogP contribution in [0.1, 0.15) is 12.8 Å². The molecule has 3 aromatic rings. The van der Waals surface area contributed by atoms with Crippen LogP contribution >= 0.6 is 0 Å². The zero-order valence-electron chi connectivity index (χ0n) is 17.8. The van der Waals surface area contributed by atoms with Gasteiger partial charge in [0.1, 0.15) is 5.82 Å². The average molecular weight is 467 g/mol. The van der Waals surface area contributed by atoms with E-state index in [-0.39, 0.29) is 17.3 Å². The van der Waals surface area contributed by atoms with Crippen LogP contribution in [0.3, 0.4) is 0 Å². The normalized spacial score (nSPS) is 17.2. The van der Waals surface area contributed by atoms with Crippen LogP contribution in [0.25, 0.3) is 0 Å². The Kier molecular flexibility index (Phi) is 6.90. The number of carbonyl (C=O) groups excluding carboxylic acids is 1. The first kappa shape index (κ1) is 22.8. The minimum atomic E-state index is -3.79. The van der Waals surface area contributed by atoms with Crippen LogP contribution in [0.5, 0.6) is 0 Å². The molecule has 0 aliphatic carbocycles. The van der Waals surface area contributed by atoms with Crippen molar-refractivity contribution in [2.45, 2.75) is 17.7 Å². The van der Waals surface area contributed by atoms with Gasteiger partial charge in [0.2, 0.25) is 15.9 Å². The minimum Gasteiger partial charge on any atom is -0.326 e. The molecule has 3 aromatic carbocycles. The van der Waals surface area contributed by atoms with Crippen molar-refractivity contribution in [3.8, 4) is 0 Å². The Labute approximate surface area is 192 Å². The summed E-state index contributed by atoms with van der Waals surface area (Å²) in [6, 6.07) is 21.0. The first-order chi connectivity index (χ1) is 15.9. The van der Waals surface area contributed by atoms with E-state index in [0.717, 1.165) is 17.8 Å². The van der Waals surface area contributed by atoms with Crippen molar-refractivity contribution in [1.29, 1.82) is 0 Å². The lowest BCUT2D eigenvalue weighted by molar-refractivity contribution is -0.120. The van der Waals surface area contributed by atoms with E-state index >= 15 is 0 Å². The first-order valence-electron chi connectivity index (χ1n) is 10.6. The molecule has 1 fully saturated rings. The van der Waals surface area contributed by atoms with Gasteiger partial charge >= 0.3 is 0 Å². The smallest absolute Gasteiger partial charge is 0.243 e. The number of nitrogens with one attached hydrogen (secondary N) is 1. The third-order valence-electron chi connectivity index (χ3n) is 5.38. The van der Waals surface area contributed by atoms with Gasteiger partial charge in [-0.1, -0.05) is 18.2 Å². The summed E-state index contributed by atoms with van der Waals surface area (Å²) >= 11 is 0. The molecule has 33 heavy (non-hydrogen) atoms. The summed E-state index contributed by atoms with van der Waals surface area (Å²) in [7, 11) is -3.79. The summed E-state index contributed by atoms with van der Waals surface area (Å²) in [5, 5.41) is 11.2. The molecule has 0 spiro atoms. The maximum Gasteiger partial charge on any atom is 0.243 e. The predicted octanol–water partition coefficient (Wildman–Crippen LogP) is 5.28. The molecule has 9 heteroatoms. The van der Waals surface area contributed by atoms with E-state index in [1.165, 1.54) is 16.4 Å². The van der Waals surface area contributed by atoms with E-state index in [1.54, 1.807) is 24.3 Å². The van der Waals surface area contributed by atoms with Crippen LogP contribution in [-0.2, 0) is 14.8 Å². The molecule has 1 heterocycles. The van der Waals surface area contributed by atoms with Crippen LogP contribution in [-0.4, -0.2) is 31.7 Å². The number of benzene rings is 3. The molecule has 1 unspecified atom stereocenters. The standard InChI is InChI=1S/C24H23FN4O3S/c25-19-8-14-23(15-9-19)33(31,32)29-16-4-5-18(17-29)24(30)26-20-10-12-22(13-11-20)28-27-21-6-2-1-3-7-21/h1-3,6-15,18H,4-5,16-17H2,(H,26,30). The van der Waals surface area contributed by atoms with Gasteiger partial charge in [-0.3, -0.25) is 4.79 Å². The lowest BCUT2D eigenvalue weighted by atomic mass is 9.98. The summed E-state index contributed by atoms with van der Waals surface area (Å²) < 4.78 is 40.2. The summed E-state index contributed by atoms with van der Waals surface area (Å²) in [6.07, 6.45) is 1.15. The number of azo groups is 1. The Bertz CT molecular complexity index is 1230. The molecule has 1 aliphatic heterocycles. The Morgan fingerprint density at radius 3 is 2.21 bits per heavy atom. The molecule has 1 amide bonds. The number of rotatable bonds is 6. The van der Waals surface area contributed by atoms with E-state index in [0.29, 0.717) is 30.8 Å². The van der Waals surface area contributed by atoms with Gasteiger partial charge in [0, 0.05) is 18.8 Å². The molecule has 0 aromatic heterocycles. The highest BCUT2D eigenvalue weighted by molar-refractivity contribution is 7.89. The molecular formula is C24H23FN4O3S. The largest absolute Gasteiger partial charge is 0.326 e. The van der Waals surface area contributed by atoms with Crippen LogP contribution in [0.2, 0.25) is 0 Å². The predicted molar refractivity (Wildman–Crippen MR) is 124 cm³/mol. The molecule has 0 bridgehead atoms. The third-order valence-corrected chi connectivity index (χ3v) is 7.26. The van der Waals surface area contributed by atoms with Crippen LogP contribution in [0, 0.1) is 11.7 Å². The van der Waals surface area contributed by atoms with Crippen LogP contribution in [0.4, 0.5) is 21.5 Å². The van der Waals surface area contributed by atoms with Gasteiger partial charge in [-0.25, -0.2) is 12.8 Å². The SMILES string of the molecule is O=C(Nc1ccc(N=Nc2ccccc2)cc1)C1CCCN(S(=O)(=O)c2ccc(F)cc2)C1. The lowest BCUT2D eigenvalue weighted by Crippen LogP contribution is -2.43. The van der Waals surface area contributed by atoms with Gasteiger partial charge < -0.3 is 5.32 Å². The van der Waals surface area contributed by atoms with E-state index in [9.17, 15) is 17.6 Å². The second-order valence-corrected chi connectivity index (χ2v) is 9.67. The first-order valence-corrected chi connectivity index (χ1v) is 12.0. The highest BCUT2D eigenvalue weighted by Gasteiger charge is 2.33. The van der Waals surface area contributed by atoms with Crippen LogP contribution < -0.4 is 5.32 Å². The molecule has 4 rings (SSSR count). The second kappa shape index (κ2) is 10.0. The van der Waals surface area contributed by atoms with Crippen molar-refractivity contribution >= 4 is 33.0 Å². The topological polar surface area (TPSA) is 91.2 Å². The number of halogens is 1. The van der Waals surface area contributed by atoms with Gasteiger partial charge in [-0.05, 0) is 73.5 Å². The van der Waals surface area contributed by atoms with Crippen molar-refractivity contribution in [2.24, 2.45) is 16.1 Å². The zero-order chi connectivity index (χ0) is 23.3. The highest BCUT2D eigenvalue weighted by atomic mass is 32.2. The molecule has 7 nitrogen and oxygen atoms in total. The number of hydrogen-bond donors (Lipinski definition) is 1. The zero-order valence-corrected chi connectivity index (χ0v) is 18.6. The maximum atomic E-state index is 13.2. The van der Waals surface area contributed by atoms with E-state index in [2.05, 4.69) is 15.5 Å². The molecule has 0 saturated carbocycles. The molecule has 1 N–H and O–H groups in total. The molecular weight excluding hydrogens is 443 g/mol. The molecule has 1 atom stereocenters. The Balaban J connectivity index is 1.38. The number of nitrogens with zero attached hydrogens (tertiary/aromatic N) is 3. The summed E-state index contributed by atoms with van der Waals surface area (Å²) in [5.41, 5.74) is 1.98. The van der Waals surface area contributed by atoms with Gasteiger partial charge in [-0.15, -0.1) is 0 Å². The van der Waals surface area contributed by atoms with E-state index < -0.39 is 21.8 Å². The van der Waals surface area contributed by atoms with Gasteiger partial charge in [0.05, 0.1) is 22.2 Å². The quantitative estimate of drug-likeness (QED) is 0.501. The fraction of sp³-hybridized carbons (Fsp3) is 0.208. The molecule has 1 aliphatic rings. The van der Waals surface area contributed by atoms with E-state index in [4.69, 9.17) is 0 Å². The average Bonchev–Trinajstić information content (AvgIpc) is 2.84. The highest BCUT2D eigenvalue weighted by Crippen LogP contribution is 2.26. The Hall–Kier alpha value is -3.43. The fourth-order valence-electron chi connectivity index (χ4n) is 3.60. The van der Waals surface area contributed by atoms with Gasteiger partial charge in [-0.2, -0.15) is 14.5 Å². The number of carbonyl (C=O) groups is 1. The third kappa shape index (κ3) is 5.68. The van der Waals surface area contributed by atoms with Gasteiger partial charge in [0.25, 0.3) is 0 Å². The minimum absolute atomic E-state index is 0.0187. The fourth-order valence-corrected chi connectivity index (χ4v) is 5.12. The van der Waals surface area contributed by atoms with Crippen molar-refractivity contribution in [2.75, 3.05) is 18.4 Å². The summed E-state index contributed by atoms with van der Waals surface area (Å²) in [6.45, 7) is 0.402. The van der Waals surface area contributed by atoms with Crippen molar-refractivity contribution < 1.29 is 17.6 Å². The Morgan fingerprint density at radius 1 is 0.909 bits per heavy atom. The Morgan fingerprint density at radius 2 is 1.55 bits per heavy atom. The number of piperidine rings is 1. The summed E-state index contributed by atoms with van der Waals surface area (Å²) in [5.74, 6) is -1.23.